The van der Waals surface area contributed by atoms with Gasteiger partial charge >= 0.3 is 0 Å². The zero-order valence-corrected chi connectivity index (χ0v) is 38.6. The highest BCUT2D eigenvalue weighted by Gasteiger charge is 2.47. The molecule has 10 atom stereocenters. The number of rotatable bonds is 14. The number of aromatic nitrogens is 4. The maximum Gasteiger partial charge on any atom is 0.229 e. The van der Waals surface area contributed by atoms with Gasteiger partial charge in [-0.1, -0.05) is 87.4 Å². The average molecular weight is 881 g/mol. The van der Waals surface area contributed by atoms with Crippen LogP contribution in [0.15, 0.2) is 122 Å². The van der Waals surface area contributed by atoms with E-state index in [1.54, 1.807) is 14.2 Å². The Balaban J connectivity index is 1.13. The lowest BCUT2D eigenvalue weighted by atomic mass is 9.72. The van der Waals surface area contributed by atoms with Crippen molar-refractivity contribution in [3.8, 4) is 45.8 Å². The number of fused-ring (bicyclic) bond motifs is 8. The minimum atomic E-state index is -0.393. The van der Waals surface area contributed by atoms with Crippen molar-refractivity contribution in [3.63, 3.8) is 0 Å². The molecule has 4 aromatic carbocycles. The molecule has 13 rings (SSSR count). The van der Waals surface area contributed by atoms with Crippen LogP contribution in [0, 0.1) is 23.7 Å². The largest absolute Gasteiger partial charge is 0.497 e. The molecule has 0 radical (unpaired) electrons. The summed E-state index contributed by atoms with van der Waals surface area (Å²) < 4.78 is 27.2. The summed E-state index contributed by atoms with van der Waals surface area (Å²) in [5.74, 6) is 5.70. The molecule has 0 N–H and O–H groups in total. The van der Waals surface area contributed by atoms with Crippen molar-refractivity contribution in [2.45, 2.75) is 76.7 Å². The molecule has 6 aliphatic heterocycles. The second-order valence-corrected chi connectivity index (χ2v) is 18.9. The predicted molar refractivity (Wildman–Crippen MR) is 260 cm³/mol. The standard InChI is InChI=1S/C56H60N6O4/c1-5-35-33-61-27-23-39(35)29-49(61)52(43-21-25-57-47-19-17-41(63-3)31-45(43)47)65-55-51(37-13-9-7-10-14-37)56(60-54(59-55)38-15-11-8-12-16-38)66-53(50-30-40-24-28-62(50)34-36(40)6-2)44-22-26-58-48-20-18-42(64-4)32-46(44)48/h7-22,25-26,31-32,35-36,39-40,49-50,52-53H,5-6,23-24,27-30,33-34H2,1-4H3/t35-,36+,39-,40-,49+,50-,52-,53-/m1/s1. The van der Waals surface area contributed by atoms with Gasteiger partial charge in [-0.2, -0.15) is 9.97 Å². The fraction of sp³-hybridized carbons (Fsp3) is 0.393. The van der Waals surface area contributed by atoms with Crippen molar-refractivity contribution >= 4 is 21.8 Å². The van der Waals surface area contributed by atoms with Crippen LogP contribution >= 0.6 is 0 Å². The van der Waals surface area contributed by atoms with Crippen LogP contribution in [-0.2, 0) is 0 Å². The first-order valence-electron chi connectivity index (χ1n) is 24.2. The Morgan fingerprint density at radius 2 is 1.05 bits per heavy atom. The summed E-state index contributed by atoms with van der Waals surface area (Å²) in [6.45, 7) is 8.88. The molecule has 0 aliphatic carbocycles. The van der Waals surface area contributed by atoms with Crippen LogP contribution in [0.1, 0.15) is 75.7 Å². The van der Waals surface area contributed by atoms with E-state index in [1.807, 2.05) is 54.9 Å². The van der Waals surface area contributed by atoms with Crippen molar-refractivity contribution in [3.05, 3.63) is 133 Å². The number of piperidine rings is 6. The second-order valence-electron chi connectivity index (χ2n) is 18.9. The third-order valence-corrected chi connectivity index (χ3v) is 15.6. The molecular weight excluding hydrogens is 821 g/mol. The maximum absolute atomic E-state index is 7.76. The monoisotopic (exact) mass is 880 g/mol. The van der Waals surface area contributed by atoms with Crippen molar-refractivity contribution < 1.29 is 18.9 Å². The zero-order valence-electron chi connectivity index (χ0n) is 38.6. The Morgan fingerprint density at radius 1 is 0.576 bits per heavy atom. The van der Waals surface area contributed by atoms with Crippen molar-refractivity contribution in [1.82, 2.24) is 29.7 Å². The Bertz CT molecular complexity index is 2680. The van der Waals surface area contributed by atoms with E-state index in [0.717, 1.165) is 100 Å². The number of benzene rings is 4. The van der Waals surface area contributed by atoms with E-state index in [1.165, 1.54) is 25.7 Å². The number of hydrogen-bond acceptors (Lipinski definition) is 10. The third-order valence-electron chi connectivity index (χ3n) is 15.6. The summed E-state index contributed by atoms with van der Waals surface area (Å²) in [6, 6.07) is 37.4. The fourth-order valence-electron chi connectivity index (χ4n) is 12.1. The Kier molecular flexibility index (Phi) is 11.8. The summed E-state index contributed by atoms with van der Waals surface area (Å²) in [4.78, 5) is 26.0. The number of ether oxygens (including phenoxy) is 4. The first-order chi connectivity index (χ1) is 32.5. The van der Waals surface area contributed by atoms with Crippen LogP contribution in [0.3, 0.4) is 0 Å². The second kappa shape index (κ2) is 18.3. The molecule has 3 aromatic heterocycles. The number of pyridine rings is 2. The van der Waals surface area contributed by atoms with Gasteiger partial charge in [0.15, 0.2) is 5.82 Å². The average Bonchev–Trinajstić information content (AvgIpc) is 3.39. The van der Waals surface area contributed by atoms with Crippen LogP contribution in [0.4, 0.5) is 0 Å². The number of hydrogen-bond donors (Lipinski definition) is 0. The first-order valence-corrected chi connectivity index (χ1v) is 24.2. The van der Waals surface area contributed by atoms with Crippen LogP contribution in [0.25, 0.3) is 44.3 Å². The predicted octanol–water partition coefficient (Wildman–Crippen LogP) is 11.4. The van der Waals surface area contributed by atoms with Crippen LogP contribution < -0.4 is 18.9 Å². The lowest BCUT2D eigenvalue weighted by Crippen LogP contribution is -2.56. The van der Waals surface area contributed by atoms with E-state index < -0.39 is 12.2 Å². The molecular formula is C56H60N6O4. The van der Waals surface area contributed by atoms with E-state index in [0.29, 0.717) is 41.3 Å². The number of methoxy groups -OCH3 is 2. The first kappa shape index (κ1) is 42.5. The molecule has 66 heavy (non-hydrogen) atoms. The summed E-state index contributed by atoms with van der Waals surface area (Å²) in [7, 11) is 3.44. The molecule has 0 spiro atoms. The smallest absolute Gasteiger partial charge is 0.229 e. The van der Waals surface area contributed by atoms with Gasteiger partial charge in [0.25, 0.3) is 0 Å². The van der Waals surface area contributed by atoms with Gasteiger partial charge in [-0.3, -0.25) is 19.8 Å². The molecule has 0 amide bonds. The van der Waals surface area contributed by atoms with Gasteiger partial charge in [0.2, 0.25) is 11.8 Å². The molecule has 0 saturated carbocycles. The highest BCUT2D eigenvalue weighted by atomic mass is 16.5. The molecule has 7 aromatic rings. The summed E-state index contributed by atoms with van der Waals surface area (Å²) in [5, 5.41) is 2.02. The normalized spacial score (nSPS) is 25.4. The molecule has 9 heterocycles. The SMILES string of the molecule is CC[C@@H]1CN2CC[C@@H]1C[C@H]2[C@H](Oc1nc(-c2ccccc2)nc(O[C@H](c2ccnc3ccc(OC)cc23)[C@H]2C[C@H]3CCN2C[C@@H]3CC)c1-c1ccccc1)c1ccnc2ccc(OC)cc12. The lowest BCUT2D eigenvalue weighted by Gasteiger charge is -2.52. The third kappa shape index (κ3) is 7.91. The quantitative estimate of drug-likeness (QED) is 0.105. The Morgan fingerprint density at radius 3 is 1.47 bits per heavy atom. The van der Waals surface area contributed by atoms with Gasteiger partial charge in [0.1, 0.15) is 29.3 Å². The topological polar surface area (TPSA) is 95.0 Å². The molecule has 10 nitrogen and oxygen atoms in total. The Hall–Kier alpha value is -6.10. The Labute approximate surface area is 388 Å². The molecule has 6 fully saturated rings. The van der Waals surface area contributed by atoms with Gasteiger partial charge < -0.3 is 18.9 Å². The van der Waals surface area contributed by atoms with Gasteiger partial charge in [0, 0.05) is 52.9 Å². The minimum Gasteiger partial charge on any atom is -0.497 e. The molecule has 6 aliphatic rings. The van der Waals surface area contributed by atoms with Crippen molar-refractivity contribution in [1.29, 1.82) is 0 Å². The van der Waals surface area contributed by atoms with Gasteiger partial charge in [0.05, 0.1) is 37.3 Å². The maximum atomic E-state index is 7.76. The van der Waals surface area contributed by atoms with Gasteiger partial charge in [-0.15, -0.1) is 0 Å². The zero-order chi connectivity index (χ0) is 44.7. The highest BCUT2D eigenvalue weighted by Crippen LogP contribution is 2.50. The van der Waals surface area contributed by atoms with Crippen LogP contribution in [0.5, 0.6) is 23.3 Å². The highest BCUT2D eigenvalue weighted by molar-refractivity contribution is 5.85. The van der Waals surface area contributed by atoms with Crippen molar-refractivity contribution in [2.75, 3.05) is 40.4 Å². The summed E-state index contributed by atoms with van der Waals surface area (Å²) in [6.07, 6.45) is 9.90. The summed E-state index contributed by atoms with van der Waals surface area (Å²) >= 11 is 0. The number of nitrogens with zero attached hydrogens (tertiary/aromatic N) is 6. The molecule has 10 heteroatoms. The fourth-order valence-corrected chi connectivity index (χ4v) is 12.1. The molecule has 338 valence electrons. The van der Waals surface area contributed by atoms with Gasteiger partial charge in [-0.25, -0.2) is 0 Å². The van der Waals surface area contributed by atoms with Crippen molar-refractivity contribution in [2.24, 2.45) is 23.7 Å². The van der Waals surface area contributed by atoms with E-state index >= 15 is 0 Å². The van der Waals surface area contributed by atoms with Crippen LogP contribution in [-0.4, -0.2) is 82.2 Å². The van der Waals surface area contributed by atoms with E-state index in [9.17, 15) is 0 Å². The van der Waals surface area contributed by atoms with Gasteiger partial charge in [-0.05, 0) is 117 Å². The lowest BCUT2D eigenvalue weighted by molar-refractivity contribution is -0.0510. The molecule has 2 unspecified atom stereocenters. The summed E-state index contributed by atoms with van der Waals surface area (Å²) in [5.41, 5.74) is 6.48. The van der Waals surface area contributed by atoms with E-state index in [4.69, 9.17) is 38.9 Å². The minimum absolute atomic E-state index is 0.106. The molecule has 6 saturated heterocycles. The molecule has 4 bridgehead atoms. The van der Waals surface area contributed by atoms with E-state index in [-0.39, 0.29) is 12.1 Å². The van der Waals surface area contributed by atoms with E-state index in [2.05, 4.69) is 90.4 Å². The van der Waals surface area contributed by atoms with Crippen LogP contribution in [0.2, 0.25) is 0 Å².